The van der Waals surface area contributed by atoms with E-state index in [0.29, 0.717) is 0 Å². The number of imidazole rings is 1. The van der Waals surface area contributed by atoms with Crippen LogP contribution in [0.5, 0.6) is 0 Å². The average molecular weight is 684 g/mol. The van der Waals surface area contributed by atoms with E-state index in [2.05, 4.69) is 53.5 Å². The van der Waals surface area contributed by atoms with Gasteiger partial charge >= 0.3 is 22.4 Å². The van der Waals surface area contributed by atoms with Gasteiger partial charge in [0.25, 0.3) is 0 Å². The first kappa shape index (κ1) is 29.1. The van der Waals surface area contributed by atoms with Crippen LogP contribution in [0.1, 0.15) is 0 Å². The minimum absolute atomic E-state index is 0. The van der Waals surface area contributed by atoms with Crippen molar-refractivity contribution in [2.75, 3.05) is 0 Å². The molecule has 36 heavy (non-hydrogen) atoms. The van der Waals surface area contributed by atoms with Crippen LogP contribution in [-0.2, 0) is 29.4 Å². The number of hydrogen-bond acceptors (Lipinski definition) is 6. The summed E-state index contributed by atoms with van der Waals surface area (Å²) in [6.07, 6.45) is 5.39. The monoisotopic (exact) mass is 683 g/mol. The first-order chi connectivity index (χ1) is 16.8. The molecular formula is C27H21AuClN3O4. The Morgan fingerprint density at radius 1 is 0.722 bits per heavy atom. The third kappa shape index (κ3) is 10.2. The molecule has 3 aromatic carbocycles. The minimum atomic E-state index is -4.94. The van der Waals surface area contributed by atoms with Crippen LogP contribution in [0.25, 0.3) is 33.6 Å². The molecule has 0 bridgehead atoms. The van der Waals surface area contributed by atoms with Gasteiger partial charge in [-0.3, -0.25) is 0 Å². The molecular weight excluding hydrogens is 663 g/mol. The van der Waals surface area contributed by atoms with Crippen LogP contribution >= 0.6 is 0 Å². The van der Waals surface area contributed by atoms with Crippen molar-refractivity contribution in [3.8, 4) is 33.6 Å². The quantitative estimate of drug-likeness (QED) is 0.209. The van der Waals surface area contributed by atoms with Crippen molar-refractivity contribution in [1.29, 1.82) is 0 Å². The van der Waals surface area contributed by atoms with Crippen LogP contribution in [0.3, 0.4) is 0 Å². The molecule has 7 nitrogen and oxygen atoms in total. The molecule has 0 aliphatic heterocycles. The Bertz CT molecular complexity index is 1140. The number of aromatic nitrogens is 3. The van der Waals surface area contributed by atoms with Gasteiger partial charge in [-0.05, 0) is 22.5 Å². The van der Waals surface area contributed by atoms with Gasteiger partial charge in [-0.25, -0.2) is 23.6 Å². The first-order valence-electron chi connectivity index (χ1n) is 10.3. The fourth-order valence-electron chi connectivity index (χ4n) is 3.03. The molecule has 0 aliphatic rings. The van der Waals surface area contributed by atoms with E-state index in [-0.39, 0.29) is 22.4 Å². The molecule has 2 aromatic heterocycles. The van der Waals surface area contributed by atoms with E-state index in [1.165, 1.54) is 5.56 Å². The van der Waals surface area contributed by atoms with Crippen LogP contribution in [0.2, 0.25) is 0 Å². The Kier molecular flexibility index (Phi) is 11.7. The van der Waals surface area contributed by atoms with E-state index in [9.17, 15) is 0 Å². The SMILES string of the molecule is Cn1ccnc1.[Au+3].[O-][Cl+3]([O-])([O-])[O-].[c-]1ccccc1-c1cc(-c2ccccc2)cc(-c2[c-]cccc2)n1. The molecule has 0 aliphatic carbocycles. The Morgan fingerprint density at radius 3 is 1.58 bits per heavy atom. The number of benzene rings is 3. The van der Waals surface area contributed by atoms with Crippen LogP contribution in [0.15, 0.2) is 110 Å². The Morgan fingerprint density at radius 2 is 1.22 bits per heavy atom. The summed E-state index contributed by atoms with van der Waals surface area (Å²) in [5, 5.41) is 0. The second-order valence-corrected chi connectivity index (χ2v) is 7.91. The molecule has 2 heterocycles. The standard InChI is InChI=1S/C23H15N.C4H6N2.Au.ClHO4/c1-4-10-18(11-5-1)21-16-22(19-12-6-2-7-13-19)24-23(17-21)20-14-8-3-9-15-20;1-6-3-2-5-4-6;;2-1(3,4)5/h1-12,14,16-17H;2-4H,1H3;;(H,2,3,4,5)/q-2;;+3;/p-1. The summed E-state index contributed by atoms with van der Waals surface area (Å²) in [4.78, 5) is 8.62. The summed E-state index contributed by atoms with van der Waals surface area (Å²) in [5.41, 5.74) is 6.15. The van der Waals surface area contributed by atoms with Crippen LogP contribution in [0, 0.1) is 22.4 Å². The fourth-order valence-corrected chi connectivity index (χ4v) is 3.03. The molecule has 9 heteroatoms. The van der Waals surface area contributed by atoms with Crippen molar-refractivity contribution in [2.45, 2.75) is 0 Å². The molecule has 0 radical (unpaired) electrons. The van der Waals surface area contributed by atoms with Crippen molar-refractivity contribution < 1.29 is 51.3 Å². The van der Waals surface area contributed by atoms with Crippen LogP contribution in [0.4, 0.5) is 0 Å². The van der Waals surface area contributed by atoms with Crippen molar-refractivity contribution in [1.82, 2.24) is 14.5 Å². The van der Waals surface area contributed by atoms with Gasteiger partial charge in [0, 0.05) is 19.4 Å². The number of aryl methyl sites for hydroxylation is 1. The normalized spacial score (nSPS) is 10.1. The topological polar surface area (TPSA) is 123 Å². The number of hydrogen-bond donors (Lipinski definition) is 0. The second-order valence-electron chi connectivity index (χ2n) is 7.15. The Labute approximate surface area is 227 Å². The summed E-state index contributed by atoms with van der Waals surface area (Å²) in [7, 11) is -3.01. The zero-order chi connectivity index (χ0) is 25.1. The summed E-state index contributed by atoms with van der Waals surface area (Å²) < 4.78 is 35.9. The zero-order valence-corrected chi connectivity index (χ0v) is 22.0. The maximum atomic E-state index is 8.49. The second kappa shape index (κ2) is 14.4. The van der Waals surface area contributed by atoms with Gasteiger partial charge in [0.05, 0.1) is 6.33 Å². The van der Waals surface area contributed by atoms with Gasteiger partial charge in [-0.1, -0.05) is 42.5 Å². The molecule has 5 aromatic rings. The van der Waals surface area contributed by atoms with Gasteiger partial charge in [-0.2, -0.15) is 0 Å². The Balaban J connectivity index is 0.000000318. The van der Waals surface area contributed by atoms with Crippen LogP contribution < -0.4 is 18.6 Å². The van der Waals surface area contributed by atoms with E-state index in [1.807, 2.05) is 72.4 Å². The van der Waals surface area contributed by atoms with E-state index >= 15 is 0 Å². The van der Waals surface area contributed by atoms with Crippen molar-refractivity contribution in [2.24, 2.45) is 7.05 Å². The molecule has 5 rings (SSSR count). The van der Waals surface area contributed by atoms with E-state index in [1.54, 1.807) is 12.5 Å². The first-order valence-corrected chi connectivity index (χ1v) is 11.6. The maximum absolute atomic E-state index is 8.49. The summed E-state index contributed by atoms with van der Waals surface area (Å²) in [5.74, 6) is 0. The van der Waals surface area contributed by atoms with Gasteiger partial charge in [0.1, 0.15) is 0 Å². The molecule has 0 atom stereocenters. The minimum Gasteiger partial charge on any atom is -0.345 e. The number of halogens is 1. The molecule has 0 N–H and O–H groups in total. The van der Waals surface area contributed by atoms with E-state index in [4.69, 9.17) is 23.6 Å². The van der Waals surface area contributed by atoms with E-state index < -0.39 is 10.2 Å². The smallest absolute Gasteiger partial charge is 0.345 e. The number of rotatable bonds is 3. The zero-order valence-electron chi connectivity index (χ0n) is 19.0. The fraction of sp³-hybridized carbons (Fsp3) is 0.0370. The summed E-state index contributed by atoms with van der Waals surface area (Å²) in [6, 6.07) is 37.0. The molecule has 0 unspecified atom stereocenters. The maximum Gasteiger partial charge on any atom is 3.00 e. The van der Waals surface area contributed by atoms with Crippen molar-refractivity contribution >= 4 is 0 Å². The van der Waals surface area contributed by atoms with Crippen LogP contribution in [-0.4, -0.2) is 14.5 Å². The molecule has 186 valence electrons. The summed E-state index contributed by atoms with van der Waals surface area (Å²) >= 11 is 0. The molecule has 0 saturated carbocycles. The van der Waals surface area contributed by atoms with Crippen molar-refractivity contribution in [3.63, 3.8) is 0 Å². The molecule has 0 amide bonds. The van der Waals surface area contributed by atoms with Gasteiger partial charge < -0.3 is 9.55 Å². The van der Waals surface area contributed by atoms with E-state index in [0.717, 1.165) is 28.1 Å². The summed E-state index contributed by atoms with van der Waals surface area (Å²) in [6.45, 7) is 0. The van der Waals surface area contributed by atoms with Gasteiger partial charge in [-0.15, -0.1) is 82.0 Å². The van der Waals surface area contributed by atoms with Gasteiger partial charge in [0.15, 0.2) is 0 Å². The molecule has 0 spiro atoms. The number of nitrogens with zero attached hydrogens (tertiary/aromatic N) is 3. The predicted octanol–water partition coefficient (Wildman–Crippen LogP) is 1.34. The largest absolute Gasteiger partial charge is 3.00 e. The molecule has 0 saturated heterocycles. The average Bonchev–Trinajstić information content (AvgIpc) is 3.36. The third-order valence-corrected chi connectivity index (χ3v) is 4.54. The molecule has 0 fully saturated rings. The predicted molar refractivity (Wildman–Crippen MR) is 121 cm³/mol. The Hall–Kier alpha value is -3.11. The number of pyridine rings is 1. The third-order valence-electron chi connectivity index (χ3n) is 4.54. The van der Waals surface area contributed by atoms with Crippen molar-refractivity contribution in [3.05, 3.63) is 122 Å². The van der Waals surface area contributed by atoms with Gasteiger partial charge in [0.2, 0.25) is 0 Å².